The minimum atomic E-state index is -1.75. The average Bonchev–Trinajstić information content (AvgIpc) is 2.45. The van der Waals surface area contributed by atoms with Crippen LogP contribution in [0.4, 0.5) is 0 Å². The van der Waals surface area contributed by atoms with Crippen LogP contribution in [0.15, 0.2) is 11.5 Å². The van der Waals surface area contributed by atoms with E-state index in [1.54, 1.807) is 24.3 Å². The van der Waals surface area contributed by atoms with Crippen LogP contribution >= 0.6 is 0 Å². The second kappa shape index (κ2) is 4.66. The molecule has 0 heterocycles. The molecule has 0 unspecified atom stereocenters. The van der Waals surface area contributed by atoms with E-state index in [1.165, 1.54) is 14.2 Å². The summed E-state index contributed by atoms with van der Waals surface area (Å²) in [5.74, 6) is 0.642. The van der Waals surface area contributed by atoms with Gasteiger partial charge >= 0.3 is 0 Å². The highest BCUT2D eigenvalue weighted by atomic mass is 16.5. The van der Waals surface area contributed by atoms with Crippen molar-refractivity contribution in [1.29, 1.82) is 21.0 Å². The molecule has 0 saturated heterocycles. The van der Waals surface area contributed by atoms with Gasteiger partial charge in [-0.05, 0) is 0 Å². The first-order valence-corrected chi connectivity index (χ1v) is 5.03. The molecular formula is C12H10N4O2. The second-order valence-corrected chi connectivity index (χ2v) is 3.87. The summed E-state index contributed by atoms with van der Waals surface area (Å²) < 4.78 is 10.1. The predicted molar refractivity (Wildman–Crippen MR) is 57.6 cm³/mol. The van der Waals surface area contributed by atoms with E-state index in [-0.39, 0.29) is 12.8 Å². The highest BCUT2D eigenvalue weighted by molar-refractivity contribution is 5.40. The van der Waals surface area contributed by atoms with Gasteiger partial charge in [-0.15, -0.1) is 0 Å². The number of nitriles is 4. The Hall–Kier alpha value is -2.70. The lowest BCUT2D eigenvalue weighted by atomic mass is 9.59. The molecule has 0 fully saturated rings. The molecule has 6 heteroatoms. The number of methoxy groups -OCH3 is 2. The maximum atomic E-state index is 9.22. The van der Waals surface area contributed by atoms with Gasteiger partial charge in [0.15, 0.2) is 10.8 Å². The van der Waals surface area contributed by atoms with Gasteiger partial charge in [-0.3, -0.25) is 0 Å². The second-order valence-electron chi connectivity index (χ2n) is 3.87. The van der Waals surface area contributed by atoms with Crippen molar-refractivity contribution in [3.8, 4) is 24.3 Å². The monoisotopic (exact) mass is 242 g/mol. The minimum Gasteiger partial charge on any atom is -0.498 e. The molecule has 0 saturated carbocycles. The Morgan fingerprint density at radius 2 is 1.06 bits per heavy atom. The molecule has 0 aromatic rings. The molecule has 6 nitrogen and oxygen atoms in total. The maximum absolute atomic E-state index is 9.22. The zero-order valence-electron chi connectivity index (χ0n) is 10.0. The van der Waals surface area contributed by atoms with Crippen LogP contribution in [-0.4, -0.2) is 14.2 Å². The van der Waals surface area contributed by atoms with E-state index in [0.717, 1.165) is 0 Å². The Bertz CT molecular complexity index is 473. The number of nitrogens with zero attached hydrogens (tertiary/aromatic N) is 4. The molecular weight excluding hydrogens is 232 g/mol. The summed E-state index contributed by atoms with van der Waals surface area (Å²) in [6, 6.07) is 7.17. The van der Waals surface area contributed by atoms with Crippen LogP contribution in [0.1, 0.15) is 12.8 Å². The van der Waals surface area contributed by atoms with Gasteiger partial charge in [-0.2, -0.15) is 21.0 Å². The lowest BCUT2D eigenvalue weighted by Crippen LogP contribution is -2.42. The van der Waals surface area contributed by atoms with Gasteiger partial charge in [-0.1, -0.05) is 0 Å². The molecule has 0 aliphatic heterocycles. The smallest absolute Gasteiger partial charge is 0.182 e. The highest BCUT2D eigenvalue weighted by Crippen LogP contribution is 2.51. The molecule has 18 heavy (non-hydrogen) atoms. The van der Waals surface area contributed by atoms with Crippen LogP contribution in [0.2, 0.25) is 0 Å². The molecule has 1 aliphatic rings. The van der Waals surface area contributed by atoms with Gasteiger partial charge in [0.05, 0.1) is 38.5 Å². The topological polar surface area (TPSA) is 114 Å². The van der Waals surface area contributed by atoms with Crippen molar-refractivity contribution < 1.29 is 9.47 Å². The van der Waals surface area contributed by atoms with Crippen LogP contribution in [0, 0.1) is 56.2 Å². The largest absolute Gasteiger partial charge is 0.498 e. The summed E-state index contributed by atoms with van der Waals surface area (Å²) in [5, 5.41) is 36.9. The first kappa shape index (κ1) is 13.4. The molecule has 0 aromatic heterocycles. The quantitative estimate of drug-likeness (QED) is 0.722. The maximum Gasteiger partial charge on any atom is 0.182 e. The Balaban J connectivity index is 3.53. The fourth-order valence-corrected chi connectivity index (χ4v) is 1.94. The summed E-state index contributed by atoms with van der Waals surface area (Å²) in [7, 11) is 2.78. The number of ether oxygens (including phenoxy) is 2. The van der Waals surface area contributed by atoms with Crippen molar-refractivity contribution in [1.82, 2.24) is 0 Å². The third kappa shape index (κ3) is 1.53. The number of hydrogen-bond acceptors (Lipinski definition) is 6. The summed E-state index contributed by atoms with van der Waals surface area (Å²) in [4.78, 5) is 0. The van der Waals surface area contributed by atoms with Crippen molar-refractivity contribution in [2.24, 2.45) is 10.8 Å². The van der Waals surface area contributed by atoms with E-state index in [4.69, 9.17) is 9.47 Å². The molecule has 1 rings (SSSR count). The Labute approximate surface area is 105 Å². The standard InChI is InChI=1S/C12H10N4O2/c1-17-9-3-11(5-13,6-14)12(7-15,8-16)4-10(9)18-2/h3-4H2,1-2H3. The summed E-state index contributed by atoms with van der Waals surface area (Å²) in [5.41, 5.74) is -3.49. The van der Waals surface area contributed by atoms with Crippen molar-refractivity contribution in [2.45, 2.75) is 12.8 Å². The van der Waals surface area contributed by atoms with Gasteiger partial charge in [0.2, 0.25) is 0 Å². The van der Waals surface area contributed by atoms with Gasteiger partial charge in [-0.25, -0.2) is 0 Å². The highest BCUT2D eigenvalue weighted by Gasteiger charge is 2.59. The third-order valence-electron chi connectivity index (χ3n) is 3.15. The van der Waals surface area contributed by atoms with E-state index in [9.17, 15) is 21.0 Å². The molecule has 0 spiro atoms. The van der Waals surface area contributed by atoms with Crippen LogP contribution in [0.3, 0.4) is 0 Å². The van der Waals surface area contributed by atoms with E-state index in [1.807, 2.05) is 0 Å². The number of hydrogen-bond donors (Lipinski definition) is 0. The van der Waals surface area contributed by atoms with E-state index in [0.29, 0.717) is 11.5 Å². The molecule has 90 valence electrons. The predicted octanol–water partition coefficient (Wildman–Crippen LogP) is 1.35. The number of rotatable bonds is 2. The molecule has 0 amide bonds. The van der Waals surface area contributed by atoms with Gasteiger partial charge < -0.3 is 9.47 Å². The first-order chi connectivity index (χ1) is 8.58. The number of allylic oxidation sites excluding steroid dienone is 2. The lowest BCUT2D eigenvalue weighted by molar-refractivity contribution is 0.125. The van der Waals surface area contributed by atoms with E-state index >= 15 is 0 Å². The Kier molecular flexibility index (Phi) is 3.46. The van der Waals surface area contributed by atoms with Gasteiger partial charge in [0.25, 0.3) is 0 Å². The van der Waals surface area contributed by atoms with Crippen molar-refractivity contribution >= 4 is 0 Å². The molecule has 0 radical (unpaired) electrons. The molecule has 0 aromatic carbocycles. The summed E-state index contributed by atoms with van der Waals surface area (Å²) >= 11 is 0. The summed E-state index contributed by atoms with van der Waals surface area (Å²) in [6.45, 7) is 0. The normalized spacial score (nSPS) is 19.7. The fraction of sp³-hybridized carbons (Fsp3) is 0.500. The zero-order chi connectivity index (χ0) is 13.8. The van der Waals surface area contributed by atoms with Crippen molar-refractivity contribution in [2.75, 3.05) is 14.2 Å². The van der Waals surface area contributed by atoms with E-state index < -0.39 is 10.8 Å². The minimum absolute atomic E-state index is 0.138. The molecule has 1 aliphatic carbocycles. The van der Waals surface area contributed by atoms with Crippen molar-refractivity contribution in [3.63, 3.8) is 0 Å². The fourth-order valence-electron chi connectivity index (χ4n) is 1.94. The van der Waals surface area contributed by atoms with Crippen LogP contribution in [0.25, 0.3) is 0 Å². The molecule has 0 bridgehead atoms. The Morgan fingerprint density at radius 3 is 1.22 bits per heavy atom. The van der Waals surface area contributed by atoms with E-state index in [2.05, 4.69) is 0 Å². The van der Waals surface area contributed by atoms with Gasteiger partial charge in [0, 0.05) is 12.8 Å². The van der Waals surface area contributed by atoms with Gasteiger partial charge in [0.1, 0.15) is 11.5 Å². The average molecular weight is 242 g/mol. The van der Waals surface area contributed by atoms with Crippen LogP contribution in [-0.2, 0) is 9.47 Å². The van der Waals surface area contributed by atoms with Crippen molar-refractivity contribution in [3.05, 3.63) is 11.5 Å². The summed E-state index contributed by atoms with van der Waals surface area (Å²) in [6.07, 6.45) is -0.276. The molecule has 0 atom stereocenters. The van der Waals surface area contributed by atoms with Crippen LogP contribution in [0.5, 0.6) is 0 Å². The molecule has 0 N–H and O–H groups in total. The SMILES string of the molecule is COC1=C(OC)CC(C#N)(C#N)C(C#N)(C#N)C1. The van der Waals surface area contributed by atoms with Crippen LogP contribution < -0.4 is 0 Å². The lowest BCUT2D eigenvalue weighted by Gasteiger charge is -2.36. The first-order valence-electron chi connectivity index (χ1n) is 5.03. The third-order valence-corrected chi connectivity index (χ3v) is 3.15. The zero-order valence-corrected chi connectivity index (χ0v) is 10.0. The Morgan fingerprint density at radius 1 is 0.778 bits per heavy atom.